The molecule has 3 aromatic rings. The van der Waals surface area contributed by atoms with Crippen LogP contribution in [-0.2, 0) is 22.6 Å². The van der Waals surface area contributed by atoms with Crippen molar-refractivity contribution in [3.8, 4) is 17.2 Å². The van der Waals surface area contributed by atoms with Gasteiger partial charge in [0.05, 0.1) is 18.6 Å². The van der Waals surface area contributed by atoms with Crippen molar-refractivity contribution in [2.45, 2.75) is 32.9 Å². The van der Waals surface area contributed by atoms with Crippen molar-refractivity contribution in [3.05, 3.63) is 53.7 Å². The lowest BCUT2D eigenvalue weighted by Gasteiger charge is -2.43. The summed E-state index contributed by atoms with van der Waals surface area (Å²) in [4.78, 5) is 32.6. The molecule has 0 aliphatic carbocycles. The lowest BCUT2D eigenvalue weighted by atomic mass is 9.94. The van der Waals surface area contributed by atoms with E-state index in [1.54, 1.807) is 9.80 Å². The van der Waals surface area contributed by atoms with Gasteiger partial charge >= 0.3 is 0 Å². The van der Waals surface area contributed by atoms with E-state index in [1.165, 1.54) is 0 Å². The number of ether oxygens (including phenoxy) is 2. The molecule has 1 atom stereocenters. The smallest absolute Gasteiger partial charge is 0.246 e. The van der Waals surface area contributed by atoms with Crippen LogP contribution in [0, 0.1) is 0 Å². The maximum absolute atomic E-state index is 13.5. The number of carbonyl (C=O) groups excluding carboxylic acids is 2. The lowest BCUT2D eigenvalue weighted by molar-refractivity contribution is -0.157. The van der Waals surface area contributed by atoms with Gasteiger partial charge in [0.15, 0.2) is 11.5 Å². The number of carbonyl (C=O) groups is 2. The van der Waals surface area contributed by atoms with E-state index >= 15 is 0 Å². The Balaban J connectivity index is 1.37. The minimum Gasteiger partial charge on any atom is -0.454 e. The Morgan fingerprint density at radius 1 is 1.00 bits per heavy atom. The van der Waals surface area contributed by atoms with Crippen LogP contribution in [-0.4, -0.2) is 76.6 Å². The van der Waals surface area contributed by atoms with Crippen molar-refractivity contribution in [2.24, 2.45) is 0 Å². The summed E-state index contributed by atoms with van der Waals surface area (Å²) in [6.45, 7) is 8.26. The number of fused-ring (bicyclic) bond motifs is 5. The molecule has 1 unspecified atom stereocenters. The van der Waals surface area contributed by atoms with Crippen LogP contribution in [0.25, 0.3) is 16.6 Å². The molecule has 0 N–H and O–H groups in total. The third kappa shape index (κ3) is 3.55. The third-order valence-corrected chi connectivity index (χ3v) is 7.62. The molecular formula is C27H30N4O4. The average molecular weight is 475 g/mol. The summed E-state index contributed by atoms with van der Waals surface area (Å²) in [7, 11) is 0. The molecule has 35 heavy (non-hydrogen) atoms. The van der Waals surface area contributed by atoms with E-state index in [9.17, 15) is 9.59 Å². The van der Waals surface area contributed by atoms with Crippen molar-refractivity contribution >= 4 is 22.7 Å². The number of hydrogen-bond acceptors (Lipinski definition) is 5. The lowest BCUT2D eigenvalue weighted by Crippen LogP contribution is -2.62. The summed E-state index contributed by atoms with van der Waals surface area (Å²) in [5.74, 6) is 1.53. The molecule has 8 nitrogen and oxygen atoms in total. The molecule has 4 heterocycles. The predicted molar refractivity (Wildman–Crippen MR) is 132 cm³/mol. The molecule has 1 aromatic heterocycles. The molecule has 8 heteroatoms. The van der Waals surface area contributed by atoms with Gasteiger partial charge in [-0.1, -0.05) is 32.0 Å². The maximum Gasteiger partial charge on any atom is 0.246 e. The summed E-state index contributed by atoms with van der Waals surface area (Å²) in [6, 6.07) is 13.7. The summed E-state index contributed by atoms with van der Waals surface area (Å²) in [5, 5.41) is 1.13. The Kier molecular flexibility index (Phi) is 5.40. The summed E-state index contributed by atoms with van der Waals surface area (Å²) in [5.41, 5.74) is 4.22. The molecule has 0 spiro atoms. The third-order valence-electron chi connectivity index (χ3n) is 7.62. The van der Waals surface area contributed by atoms with Crippen LogP contribution < -0.4 is 9.47 Å². The first-order valence-electron chi connectivity index (χ1n) is 12.4. The number of likely N-dealkylation sites (N-methyl/N-ethyl adjacent to an activating group) is 1. The predicted octanol–water partition coefficient (Wildman–Crippen LogP) is 2.80. The highest BCUT2D eigenvalue weighted by molar-refractivity contribution is 5.97. The van der Waals surface area contributed by atoms with E-state index in [-0.39, 0.29) is 25.2 Å². The van der Waals surface area contributed by atoms with Crippen LogP contribution in [0.1, 0.15) is 25.1 Å². The van der Waals surface area contributed by atoms with Crippen molar-refractivity contribution in [1.29, 1.82) is 0 Å². The highest BCUT2D eigenvalue weighted by Gasteiger charge is 2.43. The quantitative estimate of drug-likeness (QED) is 0.550. The van der Waals surface area contributed by atoms with E-state index < -0.39 is 6.04 Å². The van der Waals surface area contributed by atoms with E-state index in [4.69, 9.17) is 9.47 Å². The molecule has 0 bridgehead atoms. The normalized spacial score (nSPS) is 19.0. The molecule has 3 aliphatic rings. The van der Waals surface area contributed by atoms with E-state index in [2.05, 4.69) is 35.4 Å². The zero-order valence-electron chi connectivity index (χ0n) is 20.2. The molecule has 0 radical (unpaired) electrons. The van der Waals surface area contributed by atoms with Gasteiger partial charge in [-0.2, -0.15) is 0 Å². The Labute approximate surface area is 204 Å². The number of hydrogen-bond donors (Lipinski definition) is 0. The summed E-state index contributed by atoms with van der Waals surface area (Å²) < 4.78 is 13.3. The summed E-state index contributed by atoms with van der Waals surface area (Å²) in [6.07, 6.45) is 0.528. The summed E-state index contributed by atoms with van der Waals surface area (Å²) >= 11 is 0. The second-order valence-corrected chi connectivity index (χ2v) is 9.34. The maximum atomic E-state index is 13.5. The van der Waals surface area contributed by atoms with Crippen molar-refractivity contribution in [3.63, 3.8) is 0 Å². The number of aromatic nitrogens is 1. The number of piperazine rings is 1. The molecule has 0 saturated carbocycles. The Morgan fingerprint density at radius 3 is 2.63 bits per heavy atom. The van der Waals surface area contributed by atoms with Gasteiger partial charge in [0, 0.05) is 42.3 Å². The van der Waals surface area contributed by atoms with Crippen LogP contribution in [0.2, 0.25) is 0 Å². The molecule has 1 fully saturated rings. The van der Waals surface area contributed by atoms with Gasteiger partial charge < -0.3 is 28.7 Å². The van der Waals surface area contributed by atoms with Gasteiger partial charge in [-0.15, -0.1) is 0 Å². The van der Waals surface area contributed by atoms with Crippen LogP contribution in [0.5, 0.6) is 11.5 Å². The Bertz CT molecular complexity index is 1310. The fourth-order valence-electron chi connectivity index (χ4n) is 5.66. The number of rotatable bonds is 6. The second-order valence-electron chi connectivity index (χ2n) is 9.34. The molecular weight excluding hydrogens is 444 g/mol. The largest absolute Gasteiger partial charge is 0.454 e. The van der Waals surface area contributed by atoms with Crippen molar-refractivity contribution < 1.29 is 19.1 Å². The first kappa shape index (κ1) is 22.0. The van der Waals surface area contributed by atoms with Gasteiger partial charge in [0.2, 0.25) is 18.6 Å². The van der Waals surface area contributed by atoms with Crippen LogP contribution in [0.4, 0.5) is 0 Å². The second kappa shape index (κ2) is 8.61. The first-order valence-corrected chi connectivity index (χ1v) is 12.4. The van der Waals surface area contributed by atoms with E-state index in [1.807, 2.05) is 30.3 Å². The van der Waals surface area contributed by atoms with Crippen molar-refractivity contribution in [2.75, 3.05) is 39.5 Å². The van der Waals surface area contributed by atoms with Gasteiger partial charge in [0.1, 0.15) is 6.04 Å². The van der Waals surface area contributed by atoms with Crippen molar-refractivity contribution in [1.82, 2.24) is 19.3 Å². The fourth-order valence-corrected chi connectivity index (χ4v) is 5.66. The Hall–Kier alpha value is -3.52. The first-order chi connectivity index (χ1) is 17.1. The van der Waals surface area contributed by atoms with Gasteiger partial charge in [-0.05, 0) is 36.9 Å². The number of amides is 2. The fraction of sp³-hybridized carbons (Fsp3) is 0.407. The molecule has 182 valence electrons. The topological polar surface area (TPSA) is 67.2 Å². The molecule has 6 rings (SSSR count). The Morgan fingerprint density at radius 2 is 1.80 bits per heavy atom. The van der Waals surface area contributed by atoms with E-state index in [0.717, 1.165) is 59.0 Å². The SMILES string of the molecule is CCN(CC)CCN1CC(=O)N2Cc3c(c4ccccc4n3-c3ccc4c(c3)OCO4)CC2C1=O. The molecule has 3 aliphatic heterocycles. The number of para-hydroxylation sites is 1. The van der Waals surface area contributed by atoms with E-state index in [0.29, 0.717) is 19.5 Å². The standard InChI is InChI=1S/C27H30N4O4/c1-3-28(4-2)11-12-29-16-26(32)30-15-23-20(14-22(30)27(29)33)19-7-5-6-8-21(19)31(23)18-9-10-24-25(13-18)35-17-34-24/h5-10,13,22H,3-4,11-12,14-17H2,1-2H3. The number of benzene rings is 2. The average Bonchev–Trinajstić information content (AvgIpc) is 3.48. The minimum absolute atomic E-state index is 0.0160. The highest BCUT2D eigenvalue weighted by atomic mass is 16.7. The molecule has 2 amide bonds. The molecule has 2 aromatic carbocycles. The van der Waals surface area contributed by atoms with Gasteiger partial charge in [-0.25, -0.2) is 0 Å². The monoisotopic (exact) mass is 474 g/mol. The number of nitrogens with zero attached hydrogens (tertiary/aromatic N) is 4. The zero-order chi connectivity index (χ0) is 24.1. The van der Waals surface area contributed by atoms with Crippen LogP contribution >= 0.6 is 0 Å². The van der Waals surface area contributed by atoms with Gasteiger partial charge in [-0.3, -0.25) is 9.59 Å². The van der Waals surface area contributed by atoms with Crippen LogP contribution in [0.3, 0.4) is 0 Å². The minimum atomic E-state index is -0.448. The highest BCUT2D eigenvalue weighted by Crippen LogP contribution is 2.39. The van der Waals surface area contributed by atoms with Gasteiger partial charge in [0.25, 0.3) is 0 Å². The van der Waals surface area contributed by atoms with Crippen LogP contribution in [0.15, 0.2) is 42.5 Å². The molecule has 1 saturated heterocycles. The zero-order valence-corrected chi connectivity index (χ0v) is 20.2.